The molecular weight excluding hydrogens is 290 g/mol. The molecule has 0 radical (unpaired) electrons. The fourth-order valence-corrected chi connectivity index (χ4v) is 2.72. The second-order valence-electron chi connectivity index (χ2n) is 5.15. The number of halogens is 1. The van der Waals surface area contributed by atoms with E-state index in [2.05, 4.69) is 0 Å². The quantitative estimate of drug-likeness (QED) is 0.804. The Morgan fingerprint density at radius 3 is 2.67 bits per heavy atom. The summed E-state index contributed by atoms with van der Waals surface area (Å²) in [5, 5.41) is 0.647. The van der Waals surface area contributed by atoms with E-state index in [9.17, 15) is 9.59 Å². The lowest BCUT2D eigenvalue weighted by atomic mass is 10.0. The van der Waals surface area contributed by atoms with Gasteiger partial charge < -0.3 is 9.64 Å². The monoisotopic (exact) mass is 309 g/mol. The molecule has 1 aliphatic heterocycles. The number of hydrogen-bond acceptors (Lipinski definition) is 3. The Hall–Kier alpha value is -1.55. The Morgan fingerprint density at radius 1 is 1.29 bits per heavy atom. The number of carbonyl (C=O) groups excluding carboxylic acids is 2. The van der Waals surface area contributed by atoms with E-state index in [0.717, 1.165) is 18.4 Å². The van der Waals surface area contributed by atoms with Crippen LogP contribution in [0.3, 0.4) is 0 Å². The maximum atomic E-state index is 12.5. The molecule has 0 saturated carbocycles. The molecule has 0 N–H and O–H groups in total. The van der Waals surface area contributed by atoms with Gasteiger partial charge in [0.15, 0.2) is 0 Å². The van der Waals surface area contributed by atoms with Gasteiger partial charge in [0.25, 0.3) is 0 Å². The Balaban J connectivity index is 2.04. The van der Waals surface area contributed by atoms with E-state index in [1.54, 1.807) is 24.0 Å². The summed E-state index contributed by atoms with van der Waals surface area (Å²) < 4.78 is 5.08. The van der Waals surface area contributed by atoms with Gasteiger partial charge in [0, 0.05) is 11.6 Å². The number of ether oxygens (including phenoxy) is 1. The topological polar surface area (TPSA) is 46.6 Å². The summed E-state index contributed by atoms with van der Waals surface area (Å²) in [4.78, 5) is 26.1. The van der Waals surface area contributed by atoms with Crippen molar-refractivity contribution in [2.75, 3.05) is 13.2 Å². The molecule has 5 heteroatoms. The Kier molecular flexibility index (Phi) is 5.62. The lowest BCUT2D eigenvalue weighted by Gasteiger charge is -2.34. The summed E-state index contributed by atoms with van der Waals surface area (Å²) in [6.45, 7) is 2.74. The molecule has 114 valence electrons. The Morgan fingerprint density at radius 2 is 2.00 bits per heavy atom. The van der Waals surface area contributed by atoms with Crippen molar-refractivity contribution in [3.05, 3.63) is 34.9 Å². The highest BCUT2D eigenvalue weighted by Crippen LogP contribution is 2.20. The second kappa shape index (κ2) is 7.46. The fourth-order valence-electron chi connectivity index (χ4n) is 2.59. The molecule has 0 aliphatic carbocycles. The number of piperidine rings is 1. The zero-order valence-electron chi connectivity index (χ0n) is 12.2. The lowest BCUT2D eigenvalue weighted by molar-refractivity contribution is -0.156. The van der Waals surface area contributed by atoms with Gasteiger partial charge in [0.2, 0.25) is 5.91 Å². The molecule has 1 unspecified atom stereocenters. The Bertz CT molecular complexity index is 501. The van der Waals surface area contributed by atoms with Crippen molar-refractivity contribution in [3.63, 3.8) is 0 Å². The van der Waals surface area contributed by atoms with Crippen molar-refractivity contribution in [2.24, 2.45) is 0 Å². The number of benzene rings is 1. The molecule has 1 heterocycles. The maximum absolute atomic E-state index is 12.5. The van der Waals surface area contributed by atoms with Crippen LogP contribution in [0.4, 0.5) is 0 Å². The van der Waals surface area contributed by atoms with Crippen LogP contribution in [-0.4, -0.2) is 36.0 Å². The van der Waals surface area contributed by atoms with Gasteiger partial charge in [-0.2, -0.15) is 0 Å². The summed E-state index contributed by atoms with van der Waals surface area (Å²) >= 11 is 5.84. The van der Waals surface area contributed by atoms with E-state index >= 15 is 0 Å². The van der Waals surface area contributed by atoms with E-state index in [1.807, 2.05) is 12.1 Å². The standard InChI is InChI=1S/C16H20ClNO3/c1-2-21-16(20)14-5-3-4-10-18(14)15(19)11-12-6-8-13(17)9-7-12/h6-9,14H,2-5,10-11H2,1H3. The van der Waals surface area contributed by atoms with Crippen molar-refractivity contribution < 1.29 is 14.3 Å². The molecule has 1 amide bonds. The van der Waals surface area contributed by atoms with Gasteiger partial charge in [-0.05, 0) is 43.9 Å². The number of amides is 1. The van der Waals surface area contributed by atoms with Crippen LogP contribution >= 0.6 is 11.6 Å². The molecular formula is C16H20ClNO3. The minimum absolute atomic E-state index is 0.0323. The van der Waals surface area contributed by atoms with Gasteiger partial charge in [-0.25, -0.2) is 4.79 Å². The highest BCUT2D eigenvalue weighted by Gasteiger charge is 2.32. The van der Waals surface area contributed by atoms with Crippen molar-refractivity contribution in [3.8, 4) is 0 Å². The van der Waals surface area contributed by atoms with E-state index in [4.69, 9.17) is 16.3 Å². The summed E-state index contributed by atoms with van der Waals surface area (Å²) in [6.07, 6.45) is 2.86. The molecule has 0 bridgehead atoms. The maximum Gasteiger partial charge on any atom is 0.328 e. The first kappa shape index (κ1) is 15.8. The van der Waals surface area contributed by atoms with Crippen molar-refractivity contribution in [2.45, 2.75) is 38.6 Å². The van der Waals surface area contributed by atoms with Crippen LogP contribution in [0, 0.1) is 0 Å². The van der Waals surface area contributed by atoms with E-state index in [0.29, 0.717) is 24.6 Å². The first-order valence-corrected chi connectivity index (χ1v) is 7.70. The first-order valence-electron chi connectivity index (χ1n) is 7.32. The number of esters is 1. The van der Waals surface area contributed by atoms with Crippen molar-refractivity contribution >= 4 is 23.5 Å². The lowest BCUT2D eigenvalue weighted by Crippen LogP contribution is -2.49. The second-order valence-corrected chi connectivity index (χ2v) is 5.59. The van der Waals surface area contributed by atoms with Crippen molar-refractivity contribution in [1.29, 1.82) is 0 Å². The summed E-state index contributed by atoms with van der Waals surface area (Å²) in [6, 6.07) is 6.78. The third kappa shape index (κ3) is 4.21. The molecule has 4 nitrogen and oxygen atoms in total. The highest BCUT2D eigenvalue weighted by molar-refractivity contribution is 6.30. The third-order valence-electron chi connectivity index (χ3n) is 3.65. The van der Waals surface area contributed by atoms with Gasteiger partial charge >= 0.3 is 5.97 Å². The minimum atomic E-state index is -0.432. The van der Waals surface area contributed by atoms with E-state index in [1.165, 1.54) is 0 Å². The number of hydrogen-bond donors (Lipinski definition) is 0. The smallest absolute Gasteiger partial charge is 0.328 e. The zero-order chi connectivity index (χ0) is 15.2. The molecule has 1 aromatic rings. The minimum Gasteiger partial charge on any atom is -0.464 e. The number of likely N-dealkylation sites (tertiary alicyclic amines) is 1. The van der Waals surface area contributed by atoms with Gasteiger partial charge in [0.1, 0.15) is 6.04 Å². The van der Waals surface area contributed by atoms with Crippen LogP contribution in [0.25, 0.3) is 0 Å². The van der Waals surface area contributed by atoms with E-state index < -0.39 is 6.04 Å². The predicted octanol–water partition coefficient (Wildman–Crippen LogP) is 2.83. The molecule has 0 spiro atoms. The summed E-state index contributed by atoms with van der Waals surface area (Å²) in [7, 11) is 0. The van der Waals surface area contributed by atoms with Crippen LogP contribution in [0.2, 0.25) is 5.02 Å². The molecule has 1 aromatic carbocycles. The predicted molar refractivity (Wildman–Crippen MR) is 81.1 cm³/mol. The summed E-state index contributed by atoms with van der Waals surface area (Å²) in [5.74, 6) is -0.322. The molecule has 1 atom stereocenters. The largest absolute Gasteiger partial charge is 0.464 e. The van der Waals surface area contributed by atoms with Gasteiger partial charge in [-0.3, -0.25) is 4.79 Å². The van der Waals surface area contributed by atoms with Crippen LogP contribution in [0.1, 0.15) is 31.7 Å². The molecule has 0 aromatic heterocycles. The SMILES string of the molecule is CCOC(=O)C1CCCCN1C(=O)Cc1ccc(Cl)cc1. The van der Waals surface area contributed by atoms with Crippen LogP contribution < -0.4 is 0 Å². The fraction of sp³-hybridized carbons (Fsp3) is 0.500. The first-order chi connectivity index (χ1) is 10.1. The highest BCUT2D eigenvalue weighted by atomic mass is 35.5. The zero-order valence-corrected chi connectivity index (χ0v) is 12.9. The molecule has 1 fully saturated rings. The van der Waals surface area contributed by atoms with Crippen molar-refractivity contribution in [1.82, 2.24) is 4.90 Å². The normalized spacial score (nSPS) is 18.4. The summed E-state index contributed by atoms with van der Waals surface area (Å²) in [5.41, 5.74) is 0.901. The molecule has 1 aliphatic rings. The number of nitrogens with zero attached hydrogens (tertiary/aromatic N) is 1. The Labute approximate surface area is 130 Å². The van der Waals surface area contributed by atoms with Gasteiger partial charge in [-0.15, -0.1) is 0 Å². The average Bonchev–Trinajstić information content (AvgIpc) is 2.50. The van der Waals surface area contributed by atoms with Crippen LogP contribution in [-0.2, 0) is 20.7 Å². The number of rotatable bonds is 4. The van der Waals surface area contributed by atoms with Crippen LogP contribution in [0.15, 0.2) is 24.3 Å². The molecule has 1 saturated heterocycles. The van der Waals surface area contributed by atoms with Gasteiger partial charge in [0.05, 0.1) is 13.0 Å². The van der Waals surface area contributed by atoms with E-state index in [-0.39, 0.29) is 18.3 Å². The average molecular weight is 310 g/mol. The third-order valence-corrected chi connectivity index (χ3v) is 3.90. The van der Waals surface area contributed by atoms with Gasteiger partial charge in [-0.1, -0.05) is 23.7 Å². The molecule has 2 rings (SSSR count). The van der Waals surface area contributed by atoms with Crippen LogP contribution in [0.5, 0.6) is 0 Å². The molecule has 21 heavy (non-hydrogen) atoms. The number of carbonyl (C=O) groups is 2.